The van der Waals surface area contributed by atoms with Crippen LogP contribution in [0.1, 0.15) is 45.4 Å². The first-order valence-corrected chi connectivity index (χ1v) is 11.8. The van der Waals surface area contributed by atoms with Crippen molar-refractivity contribution in [2.45, 2.75) is 46.5 Å². The second kappa shape index (κ2) is 11.1. The van der Waals surface area contributed by atoms with E-state index in [9.17, 15) is 9.59 Å². The van der Waals surface area contributed by atoms with Gasteiger partial charge >= 0.3 is 6.03 Å². The quantitative estimate of drug-likeness (QED) is 0.457. The fourth-order valence-corrected chi connectivity index (χ4v) is 3.47. The Morgan fingerprint density at radius 3 is 2.26 bits per heavy atom. The van der Waals surface area contributed by atoms with E-state index in [0.29, 0.717) is 23.8 Å². The Morgan fingerprint density at radius 2 is 1.69 bits per heavy atom. The van der Waals surface area contributed by atoms with Gasteiger partial charge in [0.15, 0.2) is 0 Å². The number of rotatable bonds is 8. The van der Waals surface area contributed by atoms with Crippen LogP contribution in [0.15, 0.2) is 54.6 Å². The lowest BCUT2D eigenvalue weighted by molar-refractivity contribution is -0.116. The highest BCUT2D eigenvalue weighted by Gasteiger charge is 2.23. The minimum absolute atomic E-state index is 0.0836. The second-order valence-corrected chi connectivity index (χ2v) is 9.54. The lowest BCUT2D eigenvalue weighted by Crippen LogP contribution is -2.41. The molecule has 3 amide bonds. The third-order valence-electron chi connectivity index (χ3n) is 5.48. The zero-order chi connectivity index (χ0) is 25.6. The van der Waals surface area contributed by atoms with Crippen LogP contribution in [0.25, 0.3) is 5.69 Å². The molecule has 0 aliphatic heterocycles. The number of aromatic nitrogens is 2. The van der Waals surface area contributed by atoms with E-state index in [1.54, 1.807) is 36.1 Å². The minimum Gasteiger partial charge on any atom is -0.497 e. The molecule has 0 spiro atoms. The molecule has 8 nitrogen and oxygen atoms in total. The van der Waals surface area contributed by atoms with E-state index < -0.39 is 0 Å². The molecule has 35 heavy (non-hydrogen) atoms. The van der Waals surface area contributed by atoms with Crippen LogP contribution < -0.4 is 15.4 Å². The average molecular weight is 478 g/mol. The van der Waals surface area contributed by atoms with Gasteiger partial charge in [0, 0.05) is 23.7 Å². The molecule has 0 radical (unpaired) electrons. The maximum Gasteiger partial charge on any atom is 0.322 e. The zero-order valence-electron chi connectivity index (χ0n) is 21.4. The molecule has 0 saturated carbocycles. The largest absolute Gasteiger partial charge is 0.497 e. The summed E-state index contributed by atoms with van der Waals surface area (Å²) in [4.78, 5) is 27.4. The van der Waals surface area contributed by atoms with E-state index in [1.807, 2.05) is 44.2 Å². The molecule has 0 aliphatic carbocycles. The van der Waals surface area contributed by atoms with Crippen molar-refractivity contribution < 1.29 is 14.3 Å². The predicted molar refractivity (Wildman–Crippen MR) is 140 cm³/mol. The number of nitrogens with one attached hydrogen (secondary N) is 2. The Morgan fingerprint density at radius 1 is 1.03 bits per heavy atom. The maximum atomic E-state index is 13.0. The van der Waals surface area contributed by atoms with E-state index >= 15 is 0 Å². The van der Waals surface area contributed by atoms with Gasteiger partial charge in [0.1, 0.15) is 18.1 Å². The third-order valence-corrected chi connectivity index (χ3v) is 5.48. The summed E-state index contributed by atoms with van der Waals surface area (Å²) < 4.78 is 6.89. The molecule has 0 fully saturated rings. The SMILES string of the molecule is CCCN(CC(=O)Nc1cc(C(C)(C)C)nn1-c1ccc(C)cc1)C(=O)Nc1ccc(OC)cc1. The molecule has 2 N–H and O–H groups in total. The van der Waals surface area contributed by atoms with Crippen molar-refractivity contribution in [2.75, 3.05) is 30.8 Å². The van der Waals surface area contributed by atoms with Crippen LogP contribution in [-0.4, -0.2) is 46.8 Å². The van der Waals surface area contributed by atoms with Crippen LogP contribution in [0.4, 0.5) is 16.3 Å². The highest BCUT2D eigenvalue weighted by molar-refractivity contribution is 5.96. The molecule has 2 aromatic carbocycles. The number of anilines is 2. The molecular formula is C27H35N5O3. The smallest absolute Gasteiger partial charge is 0.322 e. The van der Waals surface area contributed by atoms with Gasteiger partial charge in [-0.1, -0.05) is 45.4 Å². The number of hydrogen-bond donors (Lipinski definition) is 2. The summed E-state index contributed by atoms with van der Waals surface area (Å²) in [5.74, 6) is 0.973. The molecule has 3 aromatic rings. The normalized spacial score (nSPS) is 11.1. The van der Waals surface area contributed by atoms with Crippen LogP contribution in [0.5, 0.6) is 5.75 Å². The molecular weight excluding hydrogens is 442 g/mol. The summed E-state index contributed by atoms with van der Waals surface area (Å²) in [5.41, 5.74) is 3.28. The molecule has 0 unspecified atom stereocenters. The Hall–Kier alpha value is -3.81. The number of urea groups is 1. The minimum atomic E-state index is -0.338. The number of benzene rings is 2. The number of aryl methyl sites for hydroxylation is 1. The van der Waals surface area contributed by atoms with Crippen molar-refractivity contribution >= 4 is 23.4 Å². The molecule has 8 heteroatoms. The molecule has 3 rings (SSSR count). The molecule has 1 aromatic heterocycles. The van der Waals surface area contributed by atoms with Crippen molar-refractivity contribution in [1.29, 1.82) is 0 Å². The Kier molecular flexibility index (Phi) is 8.17. The van der Waals surface area contributed by atoms with E-state index in [2.05, 4.69) is 31.4 Å². The summed E-state index contributed by atoms with van der Waals surface area (Å²) >= 11 is 0. The van der Waals surface area contributed by atoms with Gasteiger partial charge in [-0.15, -0.1) is 0 Å². The lowest BCUT2D eigenvalue weighted by atomic mass is 9.92. The van der Waals surface area contributed by atoms with Gasteiger partial charge in [-0.25, -0.2) is 9.48 Å². The van der Waals surface area contributed by atoms with Crippen LogP contribution in [-0.2, 0) is 10.2 Å². The fraction of sp³-hybridized carbons (Fsp3) is 0.370. The van der Waals surface area contributed by atoms with Crippen LogP contribution in [0, 0.1) is 6.92 Å². The van der Waals surface area contributed by atoms with Crippen molar-refractivity contribution in [3.8, 4) is 11.4 Å². The van der Waals surface area contributed by atoms with Crippen molar-refractivity contribution in [2.24, 2.45) is 0 Å². The number of carbonyl (C=O) groups excluding carboxylic acids is 2. The molecule has 0 aliphatic rings. The first-order chi connectivity index (χ1) is 16.6. The van der Waals surface area contributed by atoms with E-state index in [4.69, 9.17) is 9.84 Å². The summed E-state index contributed by atoms with van der Waals surface area (Å²) in [6.45, 7) is 10.6. The highest BCUT2D eigenvalue weighted by Crippen LogP contribution is 2.26. The van der Waals surface area contributed by atoms with E-state index in [-0.39, 0.29) is 23.9 Å². The number of ether oxygens (including phenoxy) is 1. The highest BCUT2D eigenvalue weighted by atomic mass is 16.5. The Balaban J connectivity index is 1.77. The van der Waals surface area contributed by atoms with Crippen LogP contribution in [0.2, 0.25) is 0 Å². The average Bonchev–Trinajstić information content (AvgIpc) is 3.24. The molecule has 1 heterocycles. The summed E-state index contributed by atoms with van der Waals surface area (Å²) in [5, 5.41) is 10.6. The Labute approximate surface area is 207 Å². The van der Waals surface area contributed by atoms with Gasteiger partial charge in [-0.05, 0) is 49.7 Å². The lowest BCUT2D eigenvalue weighted by Gasteiger charge is -2.22. The summed E-state index contributed by atoms with van der Waals surface area (Å²) in [6, 6.07) is 16.6. The molecule has 0 saturated heterocycles. The van der Waals surface area contributed by atoms with Crippen LogP contribution in [0.3, 0.4) is 0 Å². The predicted octanol–water partition coefficient (Wildman–Crippen LogP) is 5.37. The van der Waals surface area contributed by atoms with Crippen molar-refractivity contribution in [3.05, 3.63) is 65.9 Å². The van der Waals surface area contributed by atoms with Gasteiger partial charge < -0.3 is 20.3 Å². The first kappa shape index (κ1) is 25.8. The number of amides is 3. The van der Waals surface area contributed by atoms with Crippen molar-refractivity contribution in [1.82, 2.24) is 14.7 Å². The number of carbonyl (C=O) groups is 2. The fourth-order valence-electron chi connectivity index (χ4n) is 3.47. The number of methoxy groups -OCH3 is 1. The Bertz CT molecular complexity index is 1150. The van der Waals surface area contributed by atoms with Gasteiger partial charge in [-0.2, -0.15) is 5.10 Å². The number of hydrogen-bond acceptors (Lipinski definition) is 4. The van der Waals surface area contributed by atoms with Gasteiger partial charge in [0.25, 0.3) is 0 Å². The van der Waals surface area contributed by atoms with Crippen molar-refractivity contribution in [3.63, 3.8) is 0 Å². The standard InChI is InChI=1S/C27H35N5O3/c1-7-16-31(26(34)28-20-10-14-22(35-6)15-11-20)18-25(33)29-24-17-23(27(3,4)5)30-32(24)21-12-8-19(2)9-13-21/h8-15,17H,7,16,18H2,1-6H3,(H,28,34)(H,29,33). The van der Waals surface area contributed by atoms with Gasteiger partial charge in [-0.3, -0.25) is 4.79 Å². The van der Waals surface area contributed by atoms with Gasteiger partial charge in [0.05, 0.1) is 18.5 Å². The third kappa shape index (κ3) is 6.85. The first-order valence-electron chi connectivity index (χ1n) is 11.8. The van der Waals surface area contributed by atoms with E-state index in [0.717, 1.165) is 23.4 Å². The molecule has 0 atom stereocenters. The number of nitrogens with zero attached hydrogens (tertiary/aromatic N) is 3. The maximum absolute atomic E-state index is 13.0. The topological polar surface area (TPSA) is 88.5 Å². The monoisotopic (exact) mass is 477 g/mol. The summed E-state index contributed by atoms with van der Waals surface area (Å²) in [7, 11) is 1.59. The van der Waals surface area contributed by atoms with E-state index in [1.165, 1.54) is 4.90 Å². The molecule has 0 bridgehead atoms. The second-order valence-electron chi connectivity index (χ2n) is 9.54. The zero-order valence-corrected chi connectivity index (χ0v) is 21.4. The van der Waals surface area contributed by atoms with Crippen LogP contribution >= 0.6 is 0 Å². The molecule has 186 valence electrons. The summed E-state index contributed by atoms with van der Waals surface area (Å²) in [6.07, 6.45) is 0.721. The van der Waals surface area contributed by atoms with Gasteiger partial charge in [0.2, 0.25) is 5.91 Å².